The van der Waals surface area contributed by atoms with Gasteiger partial charge in [-0.25, -0.2) is 4.98 Å². The number of nitrogens with zero attached hydrogens (tertiary/aromatic N) is 3. The first-order valence-electron chi connectivity index (χ1n) is 10.3. The van der Waals surface area contributed by atoms with E-state index >= 15 is 0 Å². The number of amides is 1. The van der Waals surface area contributed by atoms with Crippen molar-refractivity contribution < 1.29 is 4.79 Å². The Hall–Kier alpha value is -1.33. The maximum atomic E-state index is 12.7. The molecule has 0 N–H and O–H groups in total. The number of rotatable bonds is 3. The molecule has 4 heterocycles. The molecule has 1 aromatic heterocycles. The summed E-state index contributed by atoms with van der Waals surface area (Å²) in [5, 5.41) is 1.89. The van der Waals surface area contributed by atoms with Crippen molar-refractivity contribution in [2.45, 2.75) is 57.5 Å². The van der Waals surface area contributed by atoms with E-state index in [0.29, 0.717) is 29.8 Å². The highest BCUT2D eigenvalue weighted by molar-refractivity contribution is 7.22. The van der Waals surface area contributed by atoms with Crippen molar-refractivity contribution in [1.82, 2.24) is 9.88 Å². The van der Waals surface area contributed by atoms with Crippen molar-refractivity contribution in [3.63, 3.8) is 0 Å². The lowest BCUT2D eigenvalue weighted by Crippen LogP contribution is -2.65. The summed E-state index contributed by atoms with van der Waals surface area (Å²) < 4.78 is 1.16. The largest absolute Gasteiger partial charge is 0.347 e. The van der Waals surface area contributed by atoms with Crippen molar-refractivity contribution in [2.75, 3.05) is 18.0 Å². The summed E-state index contributed by atoms with van der Waals surface area (Å²) in [6, 6.07) is 6.80. The number of carbonyl (C=O) groups excluding carboxylic acids is 1. The summed E-state index contributed by atoms with van der Waals surface area (Å²) in [5.41, 5.74) is 1.04. The van der Waals surface area contributed by atoms with Crippen LogP contribution in [0.5, 0.6) is 0 Å². The Morgan fingerprint density at radius 2 is 2.15 bits per heavy atom. The third-order valence-corrected chi connectivity index (χ3v) is 8.00. The second-order valence-electron chi connectivity index (χ2n) is 8.39. The van der Waals surface area contributed by atoms with E-state index < -0.39 is 0 Å². The average molecular weight is 404 g/mol. The summed E-state index contributed by atoms with van der Waals surface area (Å²) in [6.45, 7) is 4.29. The van der Waals surface area contributed by atoms with E-state index in [1.54, 1.807) is 11.3 Å². The predicted molar refractivity (Wildman–Crippen MR) is 112 cm³/mol. The minimum Gasteiger partial charge on any atom is -0.347 e. The lowest BCUT2D eigenvalue weighted by atomic mass is 9.71. The normalized spacial score (nSPS) is 30.7. The predicted octanol–water partition coefficient (Wildman–Crippen LogP) is 4.96. The maximum absolute atomic E-state index is 12.7. The Balaban J connectivity index is 1.46. The van der Waals surface area contributed by atoms with Gasteiger partial charge in [-0.3, -0.25) is 4.79 Å². The monoisotopic (exact) mass is 403 g/mol. The van der Waals surface area contributed by atoms with Gasteiger partial charge in [0.15, 0.2) is 5.13 Å². The summed E-state index contributed by atoms with van der Waals surface area (Å²) in [6.07, 6.45) is 6.52. The number of carbonyl (C=O) groups is 1. The van der Waals surface area contributed by atoms with Crippen molar-refractivity contribution in [2.24, 2.45) is 11.8 Å². The van der Waals surface area contributed by atoms with Gasteiger partial charge in [0.05, 0.1) is 10.2 Å². The number of piperidine rings is 3. The molecule has 0 spiro atoms. The van der Waals surface area contributed by atoms with Crippen LogP contribution in [0.15, 0.2) is 18.2 Å². The van der Waals surface area contributed by atoms with E-state index in [1.165, 1.54) is 12.8 Å². The molecule has 0 unspecified atom stereocenters. The van der Waals surface area contributed by atoms with Crippen LogP contribution in [-0.4, -0.2) is 41.0 Å². The number of fused-ring (bicyclic) bond motifs is 5. The SMILES string of the molecule is CCC[C@H]1[C@H]2C[C@H](CN(c3nc4ccc(Cl)cc4s3)C2)[C@@H]2CCCC(=O)N21. The number of hydrogen-bond donors (Lipinski definition) is 0. The van der Waals surface area contributed by atoms with E-state index in [-0.39, 0.29) is 0 Å². The van der Waals surface area contributed by atoms with E-state index in [2.05, 4.69) is 16.7 Å². The molecule has 3 fully saturated rings. The highest BCUT2D eigenvalue weighted by Gasteiger charge is 2.49. The van der Waals surface area contributed by atoms with Crippen LogP contribution >= 0.6 is 22.9 Å². The Morgan fingerprint density at radius 3 is 3.00 bits per heavy atom. The molecule has 144 valence electrons. The summed E-state index contributed by atoms with van der Waals surface area (Å²) in [7, 11) is 0. The Bertz CT molecular complexity index is 868. The Labute approximate surface area is 169 Å². The lowest BCUT2D eigenvalue weighted by molar-refractivity contribution is -0.149. The third-order valence-electron chi connectivity index (χ3n) is 6.69. The van der Waals surface area contributed by atoms with Crippen LogP contribution in [0.25, 0.3) is 10.2 Å². The van der Waals surface area contributed by atoms with Crippen molar-refractivity contribution in [3.8, 4) is 0 Å². The molecule has 5 rings (SSSR count). The maximum Gasteiger partial charge on any atom is 0.223 e. The van der Waals surface area contributed by atoms with Gasteiger partial charge in [0.1, 0.15) is 0 Å². The van der Waals surface area contributed by atoms with Gasteiger partial charge in [0.25, 0.3) is 0 Å². The molecule has 3 aliphatic heterocycles. The fraction of sp³-hybridized carbons (Fsp3) is 0.619. The summed E-state index contributed by atoms with van der Waals surface area (Å²) >= 11 is 7.91. The molecule has 1 aromatic carbocycles. The van der Waals surface area contributed by atoms with Crippen LogP contribution in [0.4, 0.5) is 5.13 Å². The minimum atomic E-state index is 0.405. The van der Waals surface area contributed by atoms with Crippen molar-refractivity contribution >= 4 is 44.2 Å². The first-order valence-corrected chi connectivity index (χ1v) is 11.5. The van der Waals surface area contributed by atoms with Gasteiger partial charge < -0.3 is 9.80 Å². The Morgan fingerprint density at radius 1 is 1.30 bits per heavy atom. The molecule has 3 saturated heterocycles. The number of thiazole rings is 1. The molecule has 6 heteroatoms. The lowest BCUT2D eigenvalue weighted by Gasteiger charge is -2.56. The van der Waals surface area contributed by atoms with Crippen LogP contribution in [0.2, 0.25) is 5.02 Å². The molecule has 1 amide bonds. The number of hydrogen-bond acceptors (Lipinski definition) is 4. The number of aromatic nitrogens is 1. The molecule has 3 aliphatic rings. The zero-order valence-electron chi connectivity index (χ0n) is 15.7. The van der Waals surface area contributed by atoms with E-state index in [9.17, 15) is 4.79 Å². The zero-order valence-corrected chi connectivity index (χ0v) is 17.3. The highest BCUT2D eigenvalue weighted by atomic mass is 35.5. The van der Waals surface area contributed by atoms with E-state index in [4.69, 9.17) is 16.6 Å². The second kappa shape index (κ2) is 6.93. The van der Waals surface area contributed by atoms with Gasteiger partial charge in [0.2, 0.25) is 5.91 Å². The summed E-state index contributed by atoms with van der Waals surface area (Å²) in [4.78, 5) is 22.5. The van der Waals surface area contributed by atoms with E-state index in [0.717, 1.165) is 59.1 Å². The van der Waals surface area contributed by atoms with Gasteiger partial charge in [-0.05, 0) is 55.7 Å². The van der Waals surface area contributed by atoms with Gasteiger partial charge in [-0.2, -0.15) is 0 Å². The van der Waals surface area contributed by atoms with E-state index in [1.807, 2.05) is 18.2 Å². The van der Waals surface area contributed by atoms with Crippen LogP contribution in [0.1, 0.15) is 45.4 Å². The topological polar surface area (TPSA) is 36.4 Å². The minimum absolute atomic E-state index is 0.405. The molecule has 0 saturated carbocycles. The average Bonchev–Trinajstić information content (AvgIpc) is 3.08. The van der Waals surface area contributed by atoms with Crippen LogP contribution in [-0.2, 0) is 4.79 Å². The Kier molecular flexibility index (Phi) is 4.55. The molecule has 0 radical (unpaired) electrons. The first-order chi connectivity index (χ1) is 13.1. The third kappa shape index (κ3) is 3.03. The molecular formula is C21H26ClN3OS. The number of anilines is 1. The molecule has 2 aromatic rings. The van der Waals surface area contributed by atoms with Gasteiger partial charge in [-0.15, -0.1) is 0 Å². The standard InChI is InChI=1S/C21H26ClN3OS/c1-2-4-17-13-9-14(18-5-3-6-20(26)25(17)18)12-24(11-13)21-23-16-8-7-15(22)10-19(16)27-21/h7-8,10,13-14,17-18H,2-6,9,11-12H2,1H3/t13-,14+,17-,18-/m0/s1. The molecule has 4 nitrogen and oxygen atoms in total. The van der Waals surface area contributed by atoms with Crippen LogP contribution < -0.4 is 4.90 Å². The molecule has 0 aliphatic carbocycles. The van der Waals surface area contributed by atoms with Crippen molar-refractivity contribution in [1.29, 1.82) is 0 Å². The molecular weight excluding hydrogens is 378 g/mol. The fourth-order valence-electron chi connectivity index (χ4n) is 5.62. The second-order valence-corrected chi connectivity index (χ2v) is 9.83. The molecule has 4 atom stereocenters. The number of halogens is 1. The van der Waals surface area contributed by atoms with Gasteiger partial charge in [-0.1, -0.05) is 36.3 Å². The van der Waals surface area contributed by atoms with Gasteiger partial charge in [0, 0.05) is 36.6 Å². The zero-order chi connectivity index (χ0) is 18.5. The van der Waals surface area contributed by atoms with Crippen molar-refractivity contribution in [3.05, 3.63) is 23.2 Å². The number of benzene rings is 1. The first kappa shape index (κ1) is 17.7. The smallest absolute Gasteiger partial charge is 0.223 e. The fourth-order valence-corrected chi connectivity index (χ4v) is 6.88. The molecule has 27 heavy (non-hydrogen) atoms. The highest BCUT2D eigenvalue weighted by Crippen LogP contribution is 2.44. The van der Waals surface area contributed by atoms with Crippen LogP contribution in [0, 0.1) is 11.8 Å². The quantitative estimate of drug-likeness (QED) is 0.727. The van der Waals surface area contributed by atoms with Crippen LogP contribution in [0.3, 0.4) is 0 Å². The van der Waals surface area contributed by atoms with Gasteiger partial charge >= 0.3 is 0 Å². The summed E-state index contributed by atoms with van der Waals surface area (Å²) in [5.74, 6) is 1.55. The molecule has 2 bridgehead atoms.